The molecular formula is C21H23NO5. The summed E-state index contributed by atoms with van der Waals surface area (Å²) in [6, 6.07) is 13.6. The lowest BCUT2D eigenvalue weighted by molar-refractivity contribution is -0.116. The van der Waals surface area contributed by atoms with Crippen LogP contribution in [0.3, 0.4) is 0 Å². The number of anilines is 1. The number of benzene rings is 2. The number of ether oxygens (including phenoxy) is 2. The lowest BCUT2D eigenvalue weighted by Gasteiger charge is -2.10. The molecule has 0 bridgehead atoms. The maximum Gasteiger partial charge on any atom is 0.340 e. The molecule has 142 valence electrons. The highest BCUT2D eigenvalue weighted by molar-refractivity contribution is 6.01. The molecule has 0 unspecified atom stereocenters. The molecule has 0 aliphatic rings. The van der Waals surface area contributed by atoms with Gasteiger partial charge in [-0.15, -0.1) is 0 Å². The Hall–Kier alpha value is -3.15. The number of esters is 1. The van der Waals surface area contributed by atoms with E-state index < -0.39 is 5.97 Å². The van der Waals surface area contributed by atoms with Crippen LogP contribution in [0.4, 0.5) is 5.69 Å². The number of para-hydroxylation sites is 1. The van der Waals surface area contributed by atoms with Crippen LogP contribution < -0.4 is 10.1 Å². The molecule has 0 aliphatic carbocycles. The minimum absolute atomic E-state index is 0.00122. The van der Waals surface area contributed by atoms with Crippen molar-refractivity contribution >= 4 is 23.3 Å². The number of hydrogen-bond acceptors (Lipinski definition) is 5. The zero-order chi connectivity index (χ0) is 19.6. The van der Waals surface area contributed by atoms with E-state index in [-0.39, 0.29) is 24.7 Å². The average Bonchev–Trinajstić information content (AvgIpc) is 2.66. The number of Topliss-reactive ketones (excluding diaryl/α,β-unsaturated/α-hetero) is 1. The number of nitrogens with one attached hydrogen (secondary N) is 1. The van der Waals surface area contributed by atoms with Crippen LogP contribution in [-0.2, 0) is 9.53 Å². The maximum atomic E-state index is 12.1. The molecular weight excluding hydrogens is 346 g/mol. The number of carbonyl (C=O) groups excluding carboxylic acids is 3. The van der Waals surface area contributed by atoms with Gasteiger partial charge >= 0.3 is 5.97 Å². The number of amides is 1. The Bertz CT molecular complexity index is 798. The van der Waals surface area contributed by atoms with Crippen molar-refractivity contribution in [1.82, 2.24) is 0 Å². The third-order valence-electron chi connectivity index (χ3n) is 3.77. The molecule has 2 aromatic carbocycles. The summed E-state index contributed by atoms with van der Waals surface area (Å²) in [5.74, 6) is -0.0256. The molecule has 0 heterocycles. The summed E-state index contributed by atoms with van der Waals surface area (Å²) in [5.41, 5.74) is 1.39. The van der Waals surface area contributed by atoms with Crippen LogP contribution in [0.15, 0.2) is 48.5 Å². The number of ketones is 1. The third-order valence-corrected chi connectivity index (χ3v) is 3.77. The molecule has 0 saturated heterocycles. The molecule has 0 aromatic heterocycles. The van der Waals surface area contributed by atoms with Crippen LogP contribution >= 0.6 is 0 Å². The van der Waals surface area contributed by atoms with Gasteiger partial charge in [0.1, 0.15) is 5.75 Å². The summed E-state index contributed by atoms with van der Waals surface area (Å²) in [5, 5.41) is 2.74. The molecule has 27 heavy (non-hydrogen) atoms. The van der Waals surface area contributed by atoms with E-state index in [0.29, 0.717) is 35.6 Å². The molecule has 6 heteroatoms. The monoisotopic (exact) mass is 369 g/mol. The van der Waals surface area contributed by atoms with E-state index in [4.69, 9.17) is 9.47 Å². The Morgan fingerprint density at radius 1 is 1.00 bits per heavy atom. The summed E-state index contributed by atoms with van der Waals surface area (Å²) in [4.78, 5) is 35.3. The van der Waals surface area contributed by atoms with Crippen molar-refractivity contribution in [3.8, 4) is 5.75 Å². The van der Waals surface area contributed by atoms with Gasteiger partial charge in [-0.2, -0.15) is 0 Å². The second-order valence-corrected chi connectivity index (χ2v) is 5.85. The van der Waals surface area contributed by atoms with Gasteiger partial charge in [0, 0.05) is 12.0 Å². The van der Waals surface area contributed by atoms with Crippen LogP contribution in [0.25, 0.3) is 0 Å². The normalized spacial score (nSPS) is 10.1. The first-order chi connectivity index (χ1) is 13.0. The Morgan fingerprint density at radius 3 is 2.37 bits per heavy atom. The van der Waals surface area contributed by atoms with E-state index in [0.717, 1.165) is 0 Å². The SMILES string of the molecule is CCOC(=O)c1ccccc1NC(=O)CCCOc1ccc(C(C)=O)cc1. The highest BCUT2D eigenvalue weighted by Crippen LogP contribution is 2.17. The fourth-order valence-corrected chi connectivity index (χ4v) is 2.40. The van der Waals surface area contributed by atoms with Crippen molar-refractivity contribution < 1.29 is 23.9 Å². The molecule has 6 nitrogen and oxygen atoms in total. The first-order valence-electron chi connectivity index (χ1n) is 8.81. The summed E-state index contributed by atoms with van der Waals surface area (Å²) in [6.07, 6.45) is 0.768. The number of carbonyl (C=O) groups is 3. The summed E-state index contributed by atoms with van der Waals surface area (Å²) in [6.45, 7) is 3.87. The van der Waals surface area contributed by atoms with Crippen LogP contribution in [0.2, 0.25) is 0 Å². The summed E-state index contributed by atoms with van der Waals surface area (Å²) >= 11 is 0. The number of hydrogen-bond donors (Lipinski definition) is 1. The molecule has 0 fully saturated rings. The van der Waals surface area contributed by atoms with Gasteiger partial charge < -0.3 is 14.8 Å². The fraction of sp³-hybridized carbons (Fsp3) is 0.286. The van der Waals surface area contributed by atoms with Crippen LogP contribution in [0.5, 0.6) is 5.75 Å². The Morgan fingerprint density at radius 2 is 1.70 bits per heavy atom. The predicted octanol–water partition coefficient (Wildman–Crippen LogP) is 3.86. The van der Waals surface area contributed by atoms with Crippen LogP contribution in [0, 0.1) is 0 Å². The first kappa shape index (κ1) is 20.2. The minimum atomic E-state index is -0.467. The van der Waals surface area contributed by atoms with Gasteiger partial charge in [0.05, 0.1) is 24.5 Å². The third kappa shape index (κ3) is 6.26. The highest BCUT2D eigenvalue weighted by atomic mass is 16.5. The molecule has 1 N–H and O–H groups in total. The smallest absolute Gasteiger partial charge is 0.340 e. The molecule has 1 amide bonds. The van der Waals surface area contributed by atoms with Gasteiger partial charge in [-0.25, -0.2) is 4.79 Å². The molecule has 0 radical (unpaired) electrons. The predicted molar refractivity (Wildman–Crippen MR) is 102 cm³/mol. The lowest BCUT2D eigenvalue weighted by atomic mass is 10.1. The molecule has 2 rings (SSSR count). The highest BCUT2D eigenvalue weighted by Gasteiger charge is 2.13. The van der Waals surface area contributed by atoms with Gasteiger partial charge in [-0.3, -0.25) is 9.59 Å². The lowest BCUT2D eigenvalue weighted by Crippen LogP contribution is -2.16. The topological polar surface area (TPSA) is 81.7 Å². The zero-order valence-electron chi connectivity index (χ0n) is 15.5. The van der Waals surface area contributed by atoms with E-state index >= 15 is 0 Å². The molecule has 2 aromatic rings. The average molecular weight is 369 g/mol. The molecule has 0 spiro atoms. The van der Waals surface area contributed by atoms with Crippen molar-refractivity contribution in [3.63, 3.8) is 0 Å². The van der Waals surface area contributed by atoms with E-state index in [2.05, 4.69) is 5.32 Å². The fourth-order valence-electron chi connectivity index (χ4n) is 2.40. The quantitative estimate of drug-likeness (QED) is 0.412. The second-order valence-electron chi connectivity index (χ2n) is 5.85. The molecule has 0 saturated carbocycles. The minimum Gasteiger partial charge on any atom is -0.494 e. The molecule has 0 aliphatic heterocycles. The van der Waals surface area contributed by atoms with E-state index in [1.807, 2.05) is 0 Å². The van der Waals surface area contributed by atoms with Gasteiger partial charge in [0.15, 0.2) is 5.78 Å². The van der Waals surface area contributed by atoms with Crippen molar-refractivity contribution in [2.24, 2.45) is 0 Å². The largest absolute Gasteiger partial charge is 0.494 e. The first-order valence-corrected chi connectivity index (χ1v) is 8.81. The van der Waals surface area contributed by atoms with E-state index in [1.165, 1.54) is 6.92 Å². The van der Waals surface area contributed by atoms with Crippen molar-refractivity contribution in [1.29, 1.82) is 0 Å². The Labute approximate surface area is 158 Å². The van der Waals surface area contributed by atoms with Crippen LogP contribution in [0.1, 0.15) is 47.4 Å². The van der Waals surface area contributed by atoms with Gasteiger partial charge in [-0.1, -0.05) is 12.1 Å². The second kappa shape index (κ2) is 10.1. The Balaban J connectivity index is 1.80. The standard InChI is InChI=1S/C21H23NO5/c1-3-26-21(25)18-7-4-5-8-19(18)22-20(24)9-6-14-27-17-12-10-16(11-13-17)15(2)23/h4-5,7-8,10-13H,3,6,9,14H2,1-2H3,(H,22,24). The van der Waals surface area contributed by atoms with E-state index in [9.17, 15) is 14.4 Å². The van der Waals surface area contributed by atoms with Crippen molar-refractivity contribution in [2.45, 2.75) is 26.7 Å². The molecule has 0 atom stereocenters. The van der Waals surface area contributed by atoms with Gasteiger partial charge in [0.25, 0.3) is 0 Å². The summed E-state index contributed by atoms with van der Waals surface area (Å²) < 4.78 is 10.6. The van der Waals surface area contributed by atoms with Crippen molar-refractivity contribution in [3.05, 3.63) is 59.7 Å². The van der Waals surface area contributed by atoms with E-state index in [1.54, 1.807) is 55.5 Å². The summed E-state index contributed by atoms with van der Waals surface area (Å²) in [7, 11) is 0. The Kier molecular flexibility index (Phi) is 7.55. The van der Waals surface area contributed by atoms with Gasteiger partial charge in [0.2, 0.25) is 5.91 Å². The van der Waals surface area contributed by atoms with Gasteiger partial charge in [-0.05, 0) is 56.7 Å². The number of rotatable bonds is 9. The maximum absolute atomic E-state index is 12.1. The van der Waals surface area contributed by atoms with Crippen LogP contribution in [-0.4, -0.2) is 30.9 Å². The van der Waals surface area contributed by atoms with Crippen molar-refractivity contribution in [2.75, 3.05) is 18.5 Å². The zero-order valence-corrected chi connectivity index (χ0v) is 15.5.